The van der Waals surface area contributed by atoms with Crippen LogP contribution in [0.3, 0.4) is 0 Å². The Morgan fingerprint density at radius 2 is 1.56 bits per heavy atom. The van der Waals surface area contributed by atoms with E-state index in [2.05, 4.69) is 31.9 Å². The molecule has 2 saturated carbocycles. The van der Waals surface area contributed by atoms with Crippen molar-refractivity contribution in [3.05, 3.63) is 64.7 Å². The van der Waals surface area contributed by atoms with Crippen molar-refractivity contribution in [1.82, 2.24) is 0 Å². The monoisotopic (exact) mass is 587 g/mol. The van der Waals surface area contributed by atoms with Crippen LogP contribution in [0.2, 0.25) is 0 Å². The molecule has 6 atom stereocenters. The van der Waals surface area contributed by atoms with Gasteiger partial charge in [-0.25, -0.2) is 9.69 Å². The first kappa shape index (κ1) is 23.4. The Morgan fingerprint density at radius 1 is 0.941 bits per heavy atom. The van der Waals surface area contributed by atoms with Gasteiger partial charge in [0.25, 0.3) is 0 Å². The zero-order valence-electron chi connectivity index (χ0n) is 18.7. The number of para-hydroxylation sites is 1. The number of aryl methyl sites for hydroxylation is 2. The van der Waals surface area contributed by atoms with Crippen molar-refractivity contribution < 1.29 is 23.9 Å². The van der Waals surface area contributed by atoms with E-state index in [1.54, 1.807) is 30.3 Å². The molecule has 3 fully saturated rings. The van der Waals surface area contributed by atoms with Gasteiger partial charge in [0.1, 0.15) is 0 Å². The number of hydrogen-bond acceptors (Lipinski definition) is 5. The highest BCUT2D eigenvalue weighted by Crippen LogP contribution is 2.60. The van der Waals surface area contributed by atoms with Crippen molar-refractivity contribution in [2.24, 2.45) is 23.7 Å². The maximum atomic E-state index is 13.4. The molecular formula is C26H23Br2NO5. The molecule has 34 heavy (non-hydrogen) atoms. The molecule has 176 valence electrons. The van der Waals surface area contributed by atoms with E-state index in [-0.39, 0.29) is 62.2 Å². The number of Topliss-reactive ketones (excluding diaryl/α,β-unsaturated/α-hetero) is 1. The Kier molecular flexibility index (Phi) is 6.01. The Balaban J connectivity index is 1.36. The van der Waals surface area contributed by atoms with Crippen LogP contribution in [0.5, 0.6) is 0 Å². The highest BCUT2D eigenvalue weighted by Gasteiger charge is 2.66. The number of hydrogen-bond donors (Lipinski definition) is 0. The summed E-state index contributed by atoms with van der Waals surface area (Å²) in [5, 5.41) is 0. The Bertz CT molecular complexity index is 1200. The lowest BCUT2D eigenvalue weighted by Gasteiger charge is -2.28. The van der Waals surface area contributed by atoms with Crippen LogP contribution in [0.4, 0.5) is 5.69 Å². The van der Waals surface area contributed by atoms with Crippen molar-refractivity contribution in [3.63, 3.8) is 0 Å². The molecule has 0 spiro atoms. The normalized spacial score (nSPS) is 29.5. The number of ether oxygens (including phenoxy) is 1. The quantitative estimate of drug-likeness (QED) is 0.220. The number of alkyl halides is 2. The standard InChI is InChI=1S/C26H23Br2NO5/c1-12-7-8-14(9-13(12)2)19(30)11-34-26(33)15-5-3-4-6-18(15)29-24(31)20-16-10-17(21(20)25(29)32)23(28)22(16)27/h3-9,16-17,20-23H,10-11H2,1-2H3/t16-,17+,20-,21-,22-,23+/m0/s1. The van der Waals surface area contributed by atoms with Crippen LogP contribution in [-0.2, 0) is 14.3 Å². The summed E-state index contributed by atoms with van der Waals surface area (Å²) >= 11 is 7.37. The molecule has 1 aliphatic heterocycles. The molecule has 0 N–H and O–H groups in total. The molecule has 1 saturated heterocycles. The number of nitrogens with zero attached hydrogens (tertiary/aromatic N) is 1. The Labute approximate surface area is 214 Å². The van der Waals surface area contributed by atoms with E-state index in [0.717, 1.165) is 22.4 Å². The van der Waals surface area contributed by atoms with Crippen molar-refractivity contribution >= 4 is 61.1 Å². The van der Waals surface area contributed by atoms with E-state index in [1.165, 1.54) is 6.07 Å². The number of esters is 1. The number of imide groups is 1. The van der Waals surface area contributed by atoms with Gasteiger partial charge >= 0.3 is 5.97 Å². The topological polar surface area (TPSA) is 80.8 Å². The summed E-state index contributed by atoms with van der Waals surface area (Å²) in [6.45, 7) is 3.44. The summed E-state index contributed by atoms with van der Waals surface area (Å²) in [4.78, 5) is 53.7. The summed E-state index contributed by atoms with van der Waals surface area (Å²) in [7, 11) is 0. The molecule has 0 aromatic heterocycles. The lowest BCUT2D eigenvalue weighted by atomic mass is 9.81. The van der Waals surface area contributed by atoms with Gasteiger partial charge in [0, 0.05) is 15.2 Å². The number of anilines is 1. The number of amides is 2. The molecular weight excluding hydrogens is 566 g/mol. The zero-order valence-corrected chi connectivity index (χ0v) is 21.8. The third-order valence-corrected chi connectivity index (χ3v) is 10.7. The van der Waals surface area contributed by atoms with Crippen LogP contribution in [0.1, 0.15) is 38.3 Å². The summed E-state index contributed by atoms with van der Waals surface area (Å²) in [6, 6.07) is 11.7. The first-order valence-corrected chi connectivity index (χ1v) is 13.1. The molecule has 1 heterocycles. The number of carbonyl (C=O) groups excluding carboxylic acids is 4. The van der Waals surface area contributed by atoms with E-state index in [1.807, 2.05) is 19.9 Å². The van der Waals surface area contributed by atoms with Crippen LogP contribution in [0, 0.1) is 37.5 Å². The third-order valence-electron chi connectivity index (χ3n) is 7.52. The van der Waals surface area contributed by atoms with Gasteiger partial charge in [-0.05, 0) is 61.4 Å². The minimum absolute atomic E-state index is 0.0792. The van der Waals surface area contributed by atoms with Crippen molar-refractivity contribution in [1.29, 1.82) is 0 Å². The van der Waals surface area contributed by atoms with E-state index in [9.17, 15) is 19.2 Å². The fourth-order valence-electron chi connectivity index (χ4n) is 5.63. The second-order valence-corrected chi connectivity index (χ2v) is 11.4. The van der Waals surface area contributed by atoms with Crippen LogP contribution < -0.4 is 4.90 Å². The van der Waals surface area contributed by atoms with Gasteiger partial charge in [-0.3, -0.25) is 14.4 Å². The Morgan fingerprint density at radius 3 is 2.18 bits per heavy atom. The number of ketones is 1. The van der Waals surface area contributed by atoms with Gasteiger partial charge in [-0.15, -0.1) is 0 Å². The first-order chi connectivity index (χ1) is 16.2. The highest BCUT2D eigenvalue weighted by atomic mass is 79.9. The lowest BCUT2D eigenvalue weighted by molar-refractivity contribution is -0.123. The van der Waals surface area contributed by atoms with Crippen LogP contribution in [0.25, 0.3) is 0 Å². The maximum absolute atomic E-state index is 13.4. The third kappa shape index (κ3) is 3.57. The molecule has 3 aliphatic rings. The highest BCUT2D eigenvalue weighted by molar-refractivity contribution is 9.12. The Hall–Kier alpha value is -2.32. The van der Waals surface area contributed by atoms with Gasteiger partial charge in [0.15, 0.2) is 12.4 Å². The SMILES string of the molecule is Cc1ccc(C(=O)COC(=O)c2ccccc2N2C(=O)[C@H]3[C@@H]4C[C@@H]([C@@H](Br)[C@H]4Br)[C@@H]3C2=O)cc1C. The number of rotatable bonds is 5. The van der Waals surface area contributed by atoms with E-state index >= 15 is 0 Å². The molecule has 2 amide bonds. The molecule has 6 nitrogen and oxygen atoms in total. The predicted octanol–water partition coefficient (Wildman–Crippen LogP) is 4.63. The first-order valence-electron chi connectivity index (χ1n) is 11.2. The number of carbonyl (C=O) groups is 4. The molecule has 8 heteroatoms. The summed E-state index contributed by atoms with van der Waals surface area (Å²) in [5.41, 5.74) is 2.82. The predicted molar refractivity (Wildman–Crippen MR) is 133 cm³/mol. The average molecular weight is 589 g/mol. The number of fused-ring (bicyclic) bond motifs is 5. The van der Waals surface area contributed by atoms with Crippen LogP contribution in [-0.4, -0.2) is 39.8 Å². The second-order valence-electron chi connectivity index (χ2n) is 9.33. The second kappa shape index (κ2) is 8.72. The fourth-order valence-corrected chi connectivity index (χ4v) is 7.51. The lowest BCUT2D eigenvalue weighted by Crippen LogP contribution is -2.37. The molecule has 0 unspecified atom stereocenters. The van der Waals surface area contributed by atoms with Gasteiger partial charge in [-0.2, -0.15) is 0 Å². The smallest absolute Gasteiger partial charge is 0.340 e. The largest absolute Gasteiger partial charge is 0.454 e. The molecule has 2 aromatic carbocycles. The molecule has 2 aromatic rings. The minimum atomic E-state index is -0.745. The fraction of sp³-hybridized carbons (Fsp3) is 0.385. The van der Waals surface area contributed by atoms with Gasteiger partial charge < -0.3 is 4.74 Å². The van der Waals surface area contributed by atoms with Crippen molar-refractivity contribution in [2.75, 3.05) is 11.5 Å². The van der Waals surface area contributed by atoms with Gasteiger partial charge in [0.05, 0.1) is 23.1 Å². The van der Waals surface area contributed by atoms with E-state index < -0.39 is 12.6 Å². The van der Waals surface area contributed by atoms with E-state index in [4.69, 9.17) is 4.74 Å². The molecule has 2 bridgehead atoms. The number of benzene rings is 2. The van der Waals surface area contributed by atoms with Crippen LogP contribution in [0.15, 0.2) is 42.5 Å². The number of halogens is 2. The molecule has 5 rings (SSSR count). The maximum Gasteiger partial charge on any atom is 0.340 e. The summed E-state index contributed by atoms with van der Waals surface area (Å²) in [6.07, 6.45) is 0.830. The summed E-state index contributed by atoms with van der Waals surface area (Å²) < 4.78 is 5.32. The molecule has 0 radical (unpaired) electrons. The van der Waals surface area contributed by atoms with Gasteiger partial charge in [-0.1, -0.05) is 56.1 Å². The van der Waals surface area contributed by atoms with Crippen molar-refractivity contribution in [3.8, 4) is 0 Å². The van der Waals surface area contributed by atoms with E-state index in [0.29, 0.717) is 5.56 Å². The zero-order chi connectivity index (χ0) is 24.3. The summed E-state index contributed by atoms with van der Waals surface area (Å²) in [5.74, 6) is -2.20. The minimum Gasteiger partial charge on any atom is -0.454 e. The van der Waals surface area contributed by atoms with Crippen LogP contribution >= 0.6 is 31.9 Å². The molecule has 2 aliphatic carbocycles. The van der Waals surface area contributed by atoms with Gasteiger partial charge in [0.2, 0.25) is 11.8 Å². The van der Waals surface area contributed by atoms with Crippen molar-refractivity contribution in [2.45, 2.75) is 29.9 Å². The average Bonchev–Trinajstić information content (AvgIpc) is 3.43.